The summed E-state index contributed by atoms with van der Waals surface area (Å²) in [6.07, 6.45) is 0. The number of anilines is 6. The Labute approximate surface area is 460 Å². The molecule has 372 valence electrons. The summed E-state index contributed by atoms with van der Waals surface area (Å²) in [5.74, 6) is 0. The van der Waals surface area contributed by atoms with Crippen LogP contribution in [0.4, 0.5) is 34.1 Å². The van der Waals surface area contributed by atoms with Gasteiger partial charge in [-0.3, -0.25) is 0 Å². The van der Waals surface area contributed by atoms with E-state index in [1.54, 1.807) is 0 Å². The summed E-state index contributed by atoms with van der Waals surface area (Å²) in [6.45, 7) is 4.43. The lowest BCUT2D eigenvalue weighted by Crippen LogP contribution is -2.13. The van der Waals surface area contributed by atoms with Crippen molar-refractivity contribution in [3.05, 3.63) is 290 Å². The van der Waals surface area contributed by atoms with Crippen LogP contribution in [-0.2, 0) is 0 Å². The fraction of sp³-hybridized carbons (Fsp3) is 0.0263. The summed E-state index contributed by atoms with van der Waals surface area (Å²) >= 11 is 0. The first-order chi connectivity index (χ1) is 39.1. The molecule has 0 bridgehead atoms. The van der Waals surface area contributed by atoms with E-state index >= 15 is 0 Å². The van der Waals surface area contributed by atoms with Gasteiger partial charge in [0.15, 0.2) is 5.58 Å². The third-order valence-electron chi connectivity index (χ3n) is 16.2. The lowest BCUT2D eigenvalue weighted by Gasteiger charge is -2.38. The first kappa shape index (κ1) is 46.1. The van der Waals surface area contributed by atoms with Crippen LogP contribution in [0.5, 0.6) is 0 Å². The van der Waals surface area contributed by atoms with Gasteiger partial charge in [-0.05, 0) is 174 Å². The van der Waals surface area contributed by atoms with E-state index in [4.69, 9.17) is 4.42 Å². The number of hydrogen-bond acceptors (Lipinski definition) is 3. The van der Waals surface area contributed by atoms with E-state index in [2.05, 4.69) is 297 Å². The Balaban J connectivity index is 1.09. The Bertz CT molecular complexity index is 4620. The molecule has 0 unspecified atom stereocenters. The molecule has 0 saturated carbocycles. The molecule has 3 nitrogen and oxygen atoms in total. The fourth-order valence-corrected chi connectivity index (χ4v) is 12.7. The molecule has 0 atom stereocenters. The van der Waals surface area contributed by atoms with Crippen molar-refractivity contribution < 1.29 is 4.42 Å². The minimum absolute atomic E-state index is 0.850. The zero-order valence-corrected chi connectivity index (χ0v) is 43.9. The second-order valence-corrected chi connectivity index (χ2v) is 20.8. The zero-order valence-electron chi connectivity index (χ0n) is 43.9. The van der Waals surface area contributed by atoms with Crippen molar-refractivity contribution in [1.82, 2.24) is 0 Å². The highest BCUT2D eigenvalue weighted by molar-refractivity contribution is 6.33. The van der Waals surface area contributed by atoms with Gasteiger partial charge in [-0.15, -0.1) is 0 Å². The third-order valence-corrected chi connectivity index (χ3v) is 16.2. The van der Waals surface area contributed by atoms with Gasteiger partial charge in [0, 0.05) is 39.2 Å². The van der Waals surface area contributed by atoms with E-state index < -0.39 is 0 Å². The molecule has 0 radical (unpaired) electrons. The van der Waals surface area contributed by atoms with Crippen molar-refractivity contribution >= 4 is 77.6 Å². The highest BCUT2D eigenvalue weighted by Gasteiger charge is 2.39. The van der Waals surface area contributed by atoms with Crippen molar-refractivity contribution in [2.45, 2.75) is 13.8 Å². The van der Waals surface area contributed by atoms with Crippen LogP contribution >= 0.6 is 0 Å². The topological polar surface area (TPSA) is 19.6 Å². The molecule has 0 spiro atoms. The van der Waals surface area contributed by atoms with Gasteiger partial charge in [0.2, 0.25) is 0 Å². The van der Waals surface area contributed by atoms with Crippen molar-refractivity contribution in [1.29, 1.82) is 0 Å². The predicted octanol–water partition coefficient (Wildman–Crippen LogP) is 21.8. The van der Waals surface area contributed by atoms with Gasteiger partial charge in [-0.25, -0.2) is 0 Å². The summed E-state index contributed by atoms with van der Waals surface area (Å²) in [5, 5.41) is 6.96. The van der Waals surface area contributed by atoms with E-state index in [1.165, 1.54) is 93.9 Å². The van der Waals surface area contributed by atoms with Crippen LogP contribution in [0.1, 0.15) is 11.1 Å². The van der Waals surface area contributed by atoms with Gasteiger partial charge in [0.25, 0.3) is 0 Å². The lowest BCUT2D eigenvalue weighted by molar-refractivity contribution is 0.669. The molecule has 1 aliphatic carbocycles. The minimum atomic E-state index is 0.850. The molecule has 13 aromatic carbocycles. The molecule has 14 aromatic rings. The molecule has 1 aliphatic rings. The minimum Gasteiger partial charge on any atom is -0.454 e. The van der Waals surface area contributed by atoms with E-state index in [1.807, 2.05) is 6.07 Å². The van der Waals surface area contributed by atoms with Gasteiger partial charge in [-0.2, -0.15) is 0 Å². The van der Waals surface area contributed by atoms with Crippen molar-refractivity contribution in [2.75, 3.05) is 9.80 Å². The average Bonchev–Trinajstić information content (AvgIpc) is 4.00. The highest BCUT2D eigenvalue weighted by atomic mass is 16.3. The summed E-state index contributed by atoms with van der Waals surface area (Å²) in [4.78, 5) is 4.83. The van der Waals surface area contributed by atoms with Crippen LogP contribution in [0.25, 0.3) is 110 Å². The number of aryl methyl sites for hydroxylation is 2. The summed E-state index contributed by atoms with van der Waals surface area (Å²) in [6, 6.07) is 102. The molecule has 0 N–H and O–H groups in total. The Hall–Kier alpha value is -10.2. The predicted molar refractivity (Wildman–Crippen MR) is 334 cm³/mol. The van der Waals surface area contributed by atoms with E-state index in [0.717, 1.165) is 61.6 Å². The van der Waals surface area contributed by atoms with Gasteiger partial charge >= 0.3 is 0 Å². The summed E-state index contributed by atoms with van der Waals surface area (Å²) in [7, 11) is 0. The summed E-state index contributed by atoms with van der Waals surface area (Å²) < 4.78 is 6.83. The standard InChI is InChI=1S/C76H52N2O/c1-49-25-18-21-39-64(49)78(65-40-22-19-26-50(65)2)57-44-46-60-63(48-57)71(54-33-14-6-15-34-54)75-73(69(60)52-29-10-4-11-30-52)72-68(51-27-8-3-9-28-51)59-45-43-56(47-62(59)70(74(72)75)53-31-12-5-13-32-53)77(55-35-16-7-17-36-55)66-41-24-38-61-58-37-20-23-42-67(58)79-76(61)66/h3-48H,1-2H3. The lowest BCUT2D eigenvalue weighted by atomic mass is 9.65. The molecule has 1 aromatic heterocycles. The van der Waals surface area contributed by atoms with Crippen molar-refractivity contribution in [2.24, 2.45) is 0 Å². The molecule has 0 amide bonds. The summed E-state index contributed by atoms with van der Waals surface area (Å²) in [5.41, 5.74) is 25.3. The SMILES string of the molecule is Cc1ccccc1N(c1ccc2c(-c3ccccc3)c3c(c(-c4ccccc4)c2c1)-c1c-3c(-c2ccccc2)c2ccc(N(c3ccccc3)c3cccc4c3oc3ccccc34)cc2c1-c1ccccc1)c1ccccc1C. The molecule has 0 aliphatic heterocycles. The Morgan fingerprint density at radius 2 is 0.608 bits per heavy atom. The normalized spacial score (nSPS) is 11.7. The van der Waals surface area contributed by atoms with Crippen LogP contribution in [0.15, 0.2) is 283 Å². The number of furan rings is 1. The van der Waals surface area contributed by atoms with Gasteiger partial charge in [0.05, 0.1) is 5.69 Å². The number of benzene rings is 13. The number of rotatable bonds is 10. The Morgan fingerprint density at radius 1 is 0.241 bits per heavy atom. The number of nitrogens with zero attached hydrogens (tertiary/aromatic N) is 2. The Morgan fingerprint density at radius 3 is 1.08 bits per heavy atom. The largest absolute Gasteiger partial charge is 0.454 e. The first-order valence-electron chi connectivity index (χ1n) is 27.3. The number of para-hydroxylation sites is 5. The molecule has 15 rings (SSSR count). The molecule has 79 heavy (non-hydrogen) atoms. The maximum absolute atomic E-state index is 6.83. The van der Waals surface area contributed by atoms with Crippen LogP contribution < -0.4 is 9.80 Å². The monoisotopic (exact) mass is 1010 g/mol. The second kappa shape index (κ2) is 18.8. The van der Waals surface area contributed by atoms with Crippen molar-refractivity contribution in [3.63, 3.8) is 0 Å². The van der Waals surface area contributed by atoms with E-state index in [-0.39, 0.29) is 0 Å². The van der Waals surface area contributed by atoms with Gasteiger partial charge in [-0.1, -0.05) is 218 Å². The fourth-order valence-electron chi connectivity index (χ4n) is 12.7. The third kappa shape index (κ3) is 7.42. The average molecular weight is 1010 g/mol. The van der Waals surface area contributed by atoms with Gasteiger partial charge in [0.1, 0.15) is 5.58 Å². The number of hydrogen-bond donors (Lipinski definition) is 0. The van der Waals surface area contributed by atoms with Crippen molar-refractivity contribution in [3.8, 4) is 66.8 Å². The molecule has 0 fully saturated rings. The molecular weight excluding hydrogens is 957 g/mol. The van der Waals surface area contributed by atoms with Gasteiger partial charge < -0.3 is 14.2 Å². The maximum Gasteiger partial charge on any atom is 0.159 e. The number of fused-ring (bicyclic) bond motifs is 9. The van der Waals surface area contributed by atoms with Crippen LogP contribution in [0.3, 0.4) is 0 Å². The van der Waals surface area contributed by atoms with E-state index in [0.29, 0.717) is 0 Å². The molecular formula is C76H52N2O. The molecule has 1 heterocycles. The first-order valence-corrected chi connectivity index (χ1v) is 27.3. The molecule has 0 saturated heterocycles. The van der Waals surface area contributed by atoms with Crippen LogP contribution in [0.2, 0.25) is 0 Å². The molecule has 3 heteroatoms. The quantitative estimate of drug-likeness (QED) is 0.136. The highest BCUT2D eigenvalue weighted by Crippen LogP contribution is 2.66. The Kier molecular flexibility index (Phi) is 11.0. The van der Waals surface area contributed by atoms with Crippen LogP contribution in [-0.4, -0.2) is 0 Å². The van der Waals surface area contributed by atoms with Crippen LogP contribution in [0, 0.1) is 13.8 Å². The smallest absolute Gasteiger partial charge is 0.159 e. The van der Waals surface area contributed by atoms with E-state index in [9.17, 15) is 0 Å². The maximum atomic E-state index is 6.83. The second-order valence-electron chi connectivity index (χ2n) is 20.8. The zero-order chi connectivity index (χ0) is 52.6.